The fraction of sp³-hybridized carbons (Fsp3) is 0.667. The van der Waals surface area contributed by atoms with Crippen LogP contribution in [-0.4, -0.2) is 11.1 Å². The van der Waals surface area contributed by atoms with Crippen molar-refractivity contribution in [2.75, 3.05) is 0 Å². The molecular weight excluding hydrogens is 174 g/mol. The first kappa shape index (κ1) is 13.2. The van der Waals surface area contributed by atoms with E-state index in [0.29, 0.717) is 0 Å². The van der Waals surface area contributed by atoms with Crippen molar-refractivity contribution in [3.05, 3.63) is 25.0 Å². The van der Waals surface area contributed by atoms with Crippen molar-refractivity contribution in [3.63, 3.8) is 0 Å². The van der Waals surface area contributed by atoms with Crippen LogP contribution >= 0.6 is 0 Å². The van der Waals surface area contributed by atoms with Gasteiger partial charge in [-0.3, -0.25) is 0 Å². The Morgan fingerprint density at radius 2 is 2.00 bits per heavy atom. The zero-order chi connectivity index (χ0) is 11.3. The predicted octanol–water partition coefficient (Wildman–Crippen LogP) is 2.87. The Balaban J connectivity index is 4.52. The summed E-state index contributed by atoms with van der Waals surface area (Å²) < 4.78 is 0. The van der Waals surface area contributed by atoms with Gasteiger partial charge >= 0.3 is 0 Å². The average molecular weight is 197 g/mol. The van der Waals surface area contributed by atoms with Gasteiger partial charge < -0.3 is 10.8 Å². The van der Waals surface area contributed by atoms with Crippen LogP contribution in [-0.2, 0) is 0 Å². The summed E-state index contributed by atoms with van der Waals surface area (Å²) in [4.78, 5) is 0. The van der Waals surface area contributed by atoms with Crippen LogP contribution in [0.3, 0.4) is 0 Å². The first-order valence-corrected chi connectivity index (χ1v) is 5.21. The van der Waals surface area contributed by atoms with Crippen LogP contribution in [0.15, 0.2) is 25.0 Å². The van der Waals surface area contributed by atoms with Gasteiger partial charge in [-0.1, -0.05) is 33.4 Å². The van der Waals surface area contributed by atoms with E-state index in [1.165, 1.54) is 0 Å². The molecular formula is C12H23NO. The molecule has 2 heteroatoms. The highest BCUT2D eigenvalue weighted by Crippen LogP contribution is 2.28. The molecule has 14 heavy (non-hydrogen) atoms. The minimum Gasteiger partial charge on any atom is -0.513 e. The molecule has 0 saturated carbocycles. The highest BCUT2D eigenvalue weighted by atomic mass is 16.3. The Morgan fingerprint density at radius 3 is 2.29 bits per heavy atom. The maximum Gasteiger partial charge on any atom is 0.0882 e. The van der Waals surface area contributed by atoms with Crippen LogP contribution in [0.5, 0.6) is 0 Å². The fourth-order valence-corrected chi connectivity index (χ4v) is 1.69. The lowest BCUT2D eigenvalue weighted by atomic mass is 9.78. The van der Waals surface area contributed by atoms with Crippen LogP contribution in [0.1, 0.15) is 27.2 Å². The van der Waals surface area contributed by atoms with Gasteiger partial charge in [0.1, 0.15) is 0 Å². The first-order chi connectivity index (χ1) is 6.45. The van der Waals surface area contributed by atoms with Crippen molar-refractivity contribution in [1.82, 2.24) is 0 Å². The molecule has 0 aliphatic rings. The third kappa shape index (κ3) is 3.18. The van der Waals surface area contributed by atoms with Gasteiger partial charge in [0.25, 0.3) is 0 Å². The van der Waals surface area contributed by atoms with E-state index < -0.39 is 0 Å². The van der Waals surface area contributed by atoms with Gasteiger partial charge in [0.15, 0.2) is 0 Å². The van der Waals surface area contributed by atoms with Gasteiger partial charge in [-0.15, -0.1) is 6.58 Å². The second-order valence-electron chi connectivity index (χ2n) is 4.02. The largest absolute Gasteiger partial charge is 0.513 e. The van der Waals surface area contributed by atoms with Gasteiger partial charge in [0, 0.05) is 12.0 Å². The first-order valence-electron chi connectivity index (χ1n) is 5.21. The van der Waals surface area contributed by atoms with Crippen molar-refractivity contribution in [1.29, 1.82) is 0 Å². The molecule has 0 aromatic carbocycles. The summed E-state index contributed by atoms with van der Waals surface area (Å²) in [6.45, 7) is 13.5. The lowest BCUT2D eigenvalue weighted by Gasteiger charge is -2.30. The Hall–Kier alpha value is -0.760. The minimum absolute atomic E-state index is 0.0654. The molecule has 0 fully saturated rings. The summed E-state index contributed by atoms with van der Waals surface area (Å²) in [5.41, 5.74) is 5.98. The summed E-state index contributed by atoms with van der Waals surface area (Å²) in [7, 11) is 0. The van der Waals surface area contributed by atoms with E-state index in [0.717, 1.165) is 6.42 Å². The topological polar surface area (TPSA) is 46.2 Å². The molecule has 0 heterocycles. The van der Waals surface area contributed by atoms with Crippen LogP contribution in [0, 0.1) is 17.8 Å². The minimum atomic E-state index is 0.0654. The number of aliphatic hydroxyl groups excluding tert-OH is 1. The average Bonchev–Trinajstić information content (AvgIpc) is 2.16. The summed E-state index contributed by atoms with van der Waals surface area (Å²) in [5.74, 6) is 0.808. The van der Waals surface area contributed by atoms with Crippen LogP contribution in [0.25, 0.3) is 0 Å². The highest BCUT2D eigenvalue weighted by molar-refractivity contribution is 4.97. The molecule has 0 rings (SSSR count). The number of hydrogen-bond acceptors (Lipinski definition) is 2. The molecule has 0 radical (unpaired) electrons. The summed E-state index contributed by atoms with van der Waals surface area (Å²) in [6.07, 6.45) is 2.81. The van der Waals surface area contributed by atoms with Gasteiger partial charge in [-0.2, -0.15) is 0 Å². The molecule has 0 bridgehead atoms. The number of hydrogen-bond donors (Lipinski definition) is 2. The SMILES string of the molecule is C=C[C@@H]([C@@H](C)[C@@H](C)C(=C)O)[C@@H](N)CC. The van der Waals surface area contributed by atoms with E-state index in [1.54, 1.807) is 0 Å². The molecule has 0 saturated heterocycles. The van der Waals surface area contributed by atoms with E-state index in [-0.39, 0.29) is 29.6 Å². The van der Waals surface area contributed by atoms with Crippen molar-refractivity contribution >= 4 is 0 Å². The molecule has 0 aliphatic heterocycles. The van der Waals surface area contributed by atoms with E-state index in [1.807, 2.05) is 13.0 Å². The predicted molar refractivity (Wildman–Crippen MR) is 62.1 cm³/mol. The Labute approximate surface area is 87.5 Å². The van der Waals surface area contributed by atoms with Gasteiger partial charge in [-0.25, -0.2) is 0 Å². The number of allylic oxidation sites excluding steroid dienone is 1. The lowest BCUT2D eigenvalue weighted by Crippen LogP contribution is -2.35. The van der Waals surface area contributed by atoms with Crippen LogP contribution < -0.4 is 5.73 Å². The fourth-order valence-electron chi connectivity index (χ4n) is 1.69. The third-order valence-electron chi connectivity index (χ3n) is 3.16. The molecule has 82 valence electrons. The highest BCUT2D eigenvalue weighted by Gasteiger charge is 2.25. The smallest absolute Gasteiger partial charge is 0.0882 e. The van der Waals surface area contributed by atoms with Gasteiger partial charge in [0.2, 0.25) is 0 Å². The number of aliphatic hydroxyl groups is 1. The zero-order valence-corrected chi connectivity index (χ0v) is 9.53. The lowest BCUT2D eigenvalue weighted by molar-refractivity contribution is 0.231. The second kappa shape index (κ2) is 5.86. The Bertz CT molecular complexity index is 200. The number of rotatable bonds is 6. The quantitative estimate of drug-likeness (QED) is 0.508. The Kier molecular flexibility index (Phi) is 5.55. The zero-order valence-electron chi connectivity index (χ0n) is 9.53. The van der Waals surface area contributed by atoms with Crippen molar-refractivity contribution in [2.24, 2.45) is 23.5 Å². The summed E-state index contributed by atoms with van der Waals surface area (Å²) >= 11 is 0. The maximum atomic E-state index is 9.32. The van der Waals surface area contributed by atoms with E-state index in [2.05, 4.69) is 27.0 Å². The van der Waals surface area contributed by atoms with Gasteiger partial charge in [-0.05, 0) is 18.3 Å². The van der Waals surface area contributed by atoms with Gasteiger partial charge in [0.05, 0.1) is 5.76 Å². The maximum absolute atomic E-state index is 9.32. The molecule has 0 aromatic rings. The molecule has 2 nitrogen and oxygen atoms in total. The standard InChI is InChI=1S/C12H23NO/c1-6-11(12(13)7-2)9(4)8(3)10(5)14/h6,8-9,11-12,14H,1,5,7,13H2,2-4H3/t8-,9+,11+,12+/m1/s1. The number of nitrogens with two attached hydrogens (primary N) is 1. The van der Waals surface area contributed by atoms with Crippen molar-refractivity contribution < 1.29 is 5.11 Å². The summed E-state index contributed by atoms with van der Waals surface area (Å²) in [5, 5.41) is 9.32. The van der Waals surface area contributed by atoms with Crippen molar-refractivity contribution in [3.8, 4) is 0 Å². The van der Waals surface area contributed by atoms with E-state index in [4.69, 9.17) is 5.73 Å². The van der Waals surface area contributed by atoms with Crippen molar-refractivity contribution in [2.45, 2.75) is 33.2 Å². The molecule has 4 atom stereocenters. The second-order valence-corrected chi connectivity index (χ2v) is 4.02. The monoisotopic (exact) mass is 197 g/mol. The summed E-state index contributed by atoms with van der Waals surface area (Å²) in [6, 6.07) is 0.115. The normalized spacial score (nSPS) is 19.4. The van der Waals surface area contributed by atoms with E-state index >= 15 is 0 Å². The third-order valence-corrected chi connectivity index (χ3v) is 3.16. The molecule has 0 unspecified atom stereocenters. The molecule has 0 aromatic heterocycles. The Morgan fingerprint density at radius 1 is 1.50 bits per heavy atom. The molecule has 0 spiro atoms. The molecule has 0 amide bonds. The van der Waals surface area contributed by atoms with Crippen LogP contribution in [0.2, 0.25) is 0 Å². The molecule has 3 N–H and O–H groups in total. The van der Waals surface area contributed by atoms with Crippen LogP contribution in [0.4, 0.5) is 0 Å². The molecule has 0 aliphatic carbocycles. The van der Waals surface area contributed by atoms with E-state index in [9.17, 15) is 5.11 Å².